The van der Waals surface area contributed by atoms with Crippen molar-refractivity contribution in [2.75, 3.05) is 6.54 Å². The van der Waals surface area contributed by atoms with Crippen LogP contribution in [-0.4, -0.2) is 17.6 Å². The molecular formula is C16H23BrN2. The fourth-order valence-electron chi connectivity index (χ4n) is 4.00. The minimum Gasteiger partial charge on any atom is -0.314 e. The number of hydrogen-bond acceptors (Lipinski definition) is 2. The highest BCUT2D eigenvalue weighted by atomic mass is 79.9. The maximum absolute atomic E-state index is 4.54. The number of hydrogen-bond donors (Lipinski definition) is 1. The molecule has 2 saturated carbocycles. The average Bonchev–Trinajstić information content (AvgIpc) is 3.15. The second kappa shape index (κ2) is 5.92. The molecule has 3 rings (SSSR count). The van der Waals surface area contributed by atoms with Gasteiger partial charge < -0.3 is 5.32 Å². The van der Waals surface area contributed by atoms with Crippen LogP contribution in [0.5, 0.6) is 0 Å². The number of halogens is 1. The molecule has 2 nitrogen and oxygen atoms in total. The maximum Gasteiger partial charge on any atom is 0.0420 e. The molecular weight excluding hydrogens is 300 g/mol. The van der Waals surface area contributed by atoms with E-state index in [0.29, 0.717) is 6.04 Å². The van der Waals surface area contributed by atoms with Crippen LogP contribution < -0.4 is 5.32 Å². The molecule has 1 aromatic rings. The predicted octanol–water partition coefficient (Wildman–Crippen LogP) is 3.80. The summed E-state index contributed by atoms with van der Waals surface area (Å²) >= 11 is 3.46. The largest absolute Gasteiger partial charge is 0.314 e. The summed E-state index contributed by atoms with van der Waals surface area (Å²) in [5.41, 5.74) is 1.22. The fraction of sp³-hybridized carbons (Fsp3) is 0.688. The Morgan fingerprint density at radius 3 is 2.63 bits per heavy atom. The zero-order valence-electron chi connectivity index (χ0n) is 11.6. The van der Waals surface area contributed by atoms with Gasteiger partial charge in [0.25, 0.3) is 0 Å². The van der Waals surface area contributed by atoms with Crippen molar-refractivity contribution in [1.82, 2.24) is 10.3 Å². The first-order valence-corrected chi connectivity index (χ1v) is 8.42. The molecule has 19 heavy (non-hydrogen) atoms. The molecule has 1 heterocycles. The Hall–Kier alpha value is -0.410. The maximum atomic E-state index is 4.54. The van der Waals surface area contributed by atoms with E-state index >= 15 is 0 Å². The van der Waals surface area contributed by atoms with E-state index in [2.05, 4.69) is 45.3 Å². The van der Waals surface area contributed by atoms with E-state index in [1.165, 1.54) is 31.4 Å². The van der Waals surface area contributed by atoms with Gasteiger partial charge in [-0.2, -0.15) is 0 Å². The normalized spacial score (nSPS) is 30.7. The number of pyridine rings is 1. The van der Waals surface area contributed by atoms with Crippen molar-refractivity contribution < 1.29 is 0 Å². The lowest BCUT2D eigenvalue weighted by atomic mass is 10.0. The van der Waals surface area contributed by atoms with Gasteiger partial charge in [0.15, 0.2) is 0 Å². The Bertz CT molecular complexity index is 405. The summed E-state index contributed by atoms with van der Waals surface area (Å²) in [5, 5.41) is 3.71. The van der Waals surface area contributed by atoms with E-state index in [9.17, 15) is 0 Å². The molecule has 3 unspecified atom stereocenters. The number of aromatic nitrogens is 1. The third-order valence-corrected chi connectivity index (χ3v) is 5.34. The van der Waals surface area contributed by atoms with E-state index < -0.39 is 0 Å². The van der Waals surface area contributed by atoms with E-state index in [0.717, 1.165) is 35.2 Å². The molecule has 3 heteroatoms. The van der Waals surface area contributed by atoms with Crippen molar-refractivity contribution in [2.45, 2.75) is 45.1 Å². The highest BCUT2D eigenvalue weighted by Crippen LogP contribution is 2.57. The first-order chi connectivity index (χ1) is 9.29. The average molecular weight is 323 g/mol. The molecule has 1 aromatic heterocycles. The lowest BCUT2D eigenvalue weighted by molar-refractivity contribution is 0.434. The number of likely N-dealkylation sites (N-methyl/N-ethyl adjacent to an activating group) is 1. The molecule has 2 fully saturated rings. The summed E-state index contributed by atoms with van der Waals surface area (Å²) in [6.07, 6.45) is 8.83. The fourth-order valence-corrected chi connectivity index (χ4v) is 4.24. The summed E-state index contributed by atoms with van der Waals surface area (Å²) in [4.78, 5) is 4.54. The van der Waals surface area contributed by atoms with Crippen molar-refractivity contribution in [3.63, 3.8) is 0 Å². The first-order valence-electron chi connectivity index (χ1n) is 7.63. The van der Waals surface area contributed by atoms with E-state index in [4.69, 9.17) is 0 Å². The second-order valence-corrected chi connectivity index (χ2v) is 6.94. The topological polar surface area (TPSA) is 24.9 Å². The van der Waals surface area contributed by atoms with Crippen LogP contribution in [0.2, 0.25) is 0 Å². The lowest BCUT2D eigenvalue weighted by Crippen LogP contribution is -2.34. The van der Waals surface area contributed by atoms with Gasteiger partial charge in [-0.3, -0.25) is 4.98 Å². The third-order valence-electron chi connectivity index (χ3n) is 4.87. The molecule has 0 spiro atoms. The zero-order chi connectivity index (χ0) is 13.2. The molecule has 0 aromatic carbocycles. The van der Waals surface area contributed by atoms with Crippen LogP contribution >= 0.6 is 15.9 Å². The molecule has 2 aliphatic rings. The van der Waals surface area contributed by atoms with Gasteiger partial charge in [-0.05, 0) is 65.2 Å². The Morgan fingerprint density at radius 1 is 1.32 bits per heavy atom. The molecule has 3 atom stereocenters. The minimum absolute atomic E-state index is 0.631. The van der Waals surface area contributed by atoms with Crippen LogP contribution in [0, 0.1) is 17.8 Å². The van der Waals surface area contributed by atoms with Gasteiger partial charge >= 0.3 is 0 Å². The van der Waals surface area contributed by atoms with Crippen LogP contribution in [0.25, 0.3) is 0 Å². The summed E-state index contributed by atoms with van der Waals surface area (Å²) in [6.45, 7) is 3.28. The number of nitrogens with zero attached hydrogens (tertiary/aromatic N) is 1. The molecule has 0 aliphatic heterocycles. The summed E-state index contributed by atoms with van der Waals surface area (Å²) in [5.74, 6) is 2.93. The van der Waals surface area contributed by atoms with E-state index in [1.807, 2.05) is 6.20 Å². The smallest absolute Gasteiger partial charge is 0.0420 e. The SMILES string of the molecule is CCNC(Cc1ccc(Br)cn1)C1C2CCCCC21. The number of rotatable bonds is 5. The van der Waals surface area contributed by atoms with E-state index in [1.54, 1.807) is 0 Å². The van der Waals surface area contributed by atoms with Crippen molar-refractivity contribution in [3.05, 3.63) is 28.5 Å². The van der Waals surface area contributed by atoms with Crippen molar-refractivity contribution in [3.8, 4) is 0 Å². The Kier molecular flexibility index (Phi) is 4.23. The molecule has 0 saturated heterocycles. The monoisotopic (exact) mass is 322 g/mol. The van der Waals surface area contributed by atoms with E-state index in [-0.39, 0.29) is 0 Å². The van der Waals surface area contributed by atoms with Crippen molar-refractivity contribution in [2.24, 2.45) is 17.8 Å². The van der Waals surface area contributed by atoms with Crippen molar-refractivity contribution >= 4 is 15.9 Å². The summed E-state index contributed by atoms with van der Waals surface area (Å²) in [7, 11) is 0. The van der Waals surface area contributed by atoms with Crippen LogP contribution in [0.15, 0.2) is 22.8 Å². The highest BCUT2D eigenvalue weighted by Gasteiger charge is 2.53. The number of fused-ring (bicyclic) bond motifs is 1. The van der Waals surface area contributed by atoms with Crippen LogP contribution in [0.1, 0.15) is 38.3 Å². The second-order valence-electron chi connectivity index (χ2n) is 6.03. The van der Waals surface area contributed by atoms with Crippen LogP contribution in [-0.2, 0) is 6.42 Å². The molecule has 2 aliphatic carbocycles. The van der Waals surface area contributed by atoms with Gasteiger partial charge in [0, 0.05) is 28.8 Å². The van der Waals surface area contributed by atoms with Crippen LogP contribution in [0.4, 0.5) is 0 Å². The standard InChI is InChI=1S/C16H23BrN2/c1-2-18-15(9-12-8-7-11(17)10-19-12)16-13-5-3-4-6-14(13)16/h7-8,10,13-16,18H,2-6,9H2,1H3. The first kappa shape index (κ1) is 13.6. The molecule has 1 N–H and O–H groups in total. The van der Waals surface area contributed by atoms with Crippen LogP contribution in [0.3, 0.4) is 0 Å². The van der Waals surface area contributed by atoms with Crippen molar-refractivity contribution in [1.29, 1.82) is 0 Å². The van der Waals surface area contributed by atoms with Gasteiger partial charge in [-0.15, -0.1) is 0 Å². The summed E-state index contributed by atoms with van der Waals surface area (Å²) in [6, 6.07) is 4.89. The zero-order valence-corrected chi connectivity index (χ0v) is 13.2. The molecule has 104 valence electrons. The van der Waals surface area contributed by atoms with Gasteiger partial charge in [-0.25, -0.2) is 0 Å². The molecule has 0 amide bonds. The third kappa shape index (κ3) is 3.03. The Labute approximate surface area is 124 Å². The quantitative estimate of drug-likeness (QED) is 0.891. The number of nitrogens with one attached hydrogen (secondary N) is 1. The molecule has 0 radical (unpaired) electrons. The van der Waals surface area contributed by atoms with Gasteiger partial charge in [-0.1, -0.05) is 19.8 Å². The minimum atomic E-state index is 0.631. The Balaban J connectivity index is 1.66. The van der Waals surface area contributed by atoms with Gasteiger partial charge in [0.1, 0.15) is 0 Å². The Morgan fingerprint density at radius 2 is 2.05 bits per heavy atom. The van der Waals surface area contributed by atoms with Gasteiger partial charge in [0.2, 0.25) is 0 Å². The summed E-state index contributed by atoms with van der Waals surface area (Å²) < 4.78 is 1.07. The lowest BCUT2D eigenvalue weighted by Gasteiger charge is -2.18. The highest BCUT2D eigenvalue weighted by molar-refractivity contribution is 9.10. The predicted molar refractivity (Wildman–Crippen MR) is 82.0 cm³/mol. The van der Waals surface area contributed by atoms with Gasteiger partial charge in [0.05, 0.1) is 0 Å². The molecule has 0 bridgehead atoms.